The lowest BCUT2D eigenvalue weighted by Gasteiger charge is -2.26. The highest BCUT2D eigenvalue weighted by atomic mass is 16.5. The summed E-state index contributed by atoms with van der Waals surface area (Å²) < 4.78 is 5.39. The van der Waals surface area contributed by atoms with Gasteiger partial charge in [-0.1, -0.05) is 31.9 Å². The molecule has 1 aromatic rings. The molecule has 1 unspecified atom stereocenters. The Hall–Kier alpha value is -1.82. The number of nitrogens with zero attached hydrogens (tertiary/aromatic N) is 1. The van der Waals surface area contributed by atoms with Crippen molar-refractivity contribution in [2.24, 2.45) is 11.8 Å². The molecule has 0 radical (unpaired) electrons. The molecule has 0 spiro atoms. The molecule has 0 aliphatic heterocycles. The zero-order valence-electron chi connectivity index (χ0n) is 12.8. The molecule has 0 bridgehead atoms. The molecule has 1 fully saturated rings. The van der Waals surface area contributed by atoms with E-state index in [1.807, 2.05) is 31.2 Å². The number of nitriles is 1. The number of hydrogen-bond acceptors (Lipinski definition) is 3. The molecule has 1 aliphatic rings. The van der Waals surface area contributed by atoms with Gasteiger partial charge in [0.05, 0.1) is 12.7 Å². The third kappa shape index (κ3) is 3.85. The van der Waals surface area contributed by atoms with E-state index in [0.29, 0.717) is 12.5 Å². The summed E-state index contributed by atoms with van der Waals surface area (Å²) in [6.07, 6.45) is 4.04. The summed E-state index contributed by atoms with van der Waals surface area (Å²) >= 11 is 0. The fraction of sp³-hybridized carbons (Fsp3) is 0.556. The normalized spacial score (nSPS) is 23.1. The van der Waals surface area contributed by atoms with Crippen LogP contribution in [0.5, 0.6) is 5.75 Å². The van der Waals surface area contributed by atoms with Gasteiger partial charge in [-0.2, -0.15) is 5.26 Å². The number of carbonyl (C=O) groups is 1. The number of Topliss-reactive ketones (excluding diaryl/α,β-unsaturated/α-hetero) is 1. The zero-order valence-corrected chi connectivity index (χ0v) is 12.8. The van der Waals surface area contributed by atoms with Crippen LogP contribution in [0.4, 0.5) is 0 Å². The minimum absolute atomic E-state index is 0.0532. The minimum Gasteiger partial charge on any atom is -0.494 e. The molecule has 1 saturated carbocycles. The van der Waals surface area contributed by atoms with Gasteiger partial charge in [0, 0.05) is 5.92 Å². The monoisotopic (exact) mass is 285 g/mol. The van der Waals surface area contributed by atoms with Crippen molar-refractivity contribution < 1.29 is 9.53 Å². The van der Waals surface area contributed by atoms with Crippen molar-refractivity contribution in [2.75, 3.05) is 6.61 Å². The molecule has 0 amide bonds. The first-order chi connectivity index (χ1) is 10.2. The van der Waals surface area contributed by atoms with E-state index in [1.54, 1.807) is 0 Å². The first-order valence-corrected chi connectivity index (χ1v) is 7.81. The van der Waals surface area contributed by atoms with Gasteiger partial charge in [-0.15, -0.1) is 0 Å². The summed E-state index contributed by atoms with van der Waals surface area (Å²) in [6, 6.07) is 9.52. The van der Waals surface area contributed by atoms with Gasteiger partial charge in [0.2, 0.25) is 0 Å². The van der Waals surface area contributed by atoms with Crippen molar-refractivity contribution in [1.82, 2.24) is 0 Å². The highest BCUT2D eigenvalue weighted by Gasteiger charge is 2.30. The lowest BCUT2D eigenvalue weighted by Crippen LogP contribution is -2.25. The number of ether oxygens (including phenoxy) is 1. The number of carbonyl (C=O) groups excluding carboxylic acids is 1. The molecule has 21 heavy (non-hydrogen) atoms. The third-order valence-corrected chi connectivity index (χ3v) is 4.36. The molecule has 112 valence electrons. The summed E-state index contributed by atoms with van der Waals surface area (Å²) in [6.45, 7) is 4.77. The van der Waals surface area contributed by atoms with Gasteiger partial charge >= 0.3 is 0 Å². The van der Waals surface area contributed by atoms with E-state index >= 15 is 0 Å². The second-order valence-electron chi connectivity index (χ2n) is 5.92. The molecule has 1 atom stereocenters. The fourth-order valence-corrected chi connectivity index (χ4v) is 3.01. The lowest BCUT2D eigenvalue weighted by atomic mass is 9.77. The third-order valence-electron chi connectivity index (χ3n) is 4.36. The summed E-state index contributed by atoms with van der Waals surface area (Å²) in [4.78, 5) is 12.6. The Kier molecular flexibility index (Phi) is 5.38. The van der Waals surface area contributed by atoms with E-state index in [9.17, 15) is 10.1 Å². The van der Waals surface area contributed by atoms with Crippen LogP contribution in [0.25, 0.3) is 0 Å². The molecule has 1 aromatic carbocycles. The van der Waals surface area contributed by atoms with Gasteiger partial charge in [-0.05, 0) is 43.4 Å². The smallest absolute Gasteiger partial charge is 0.157 e. The topological polar surface area (TPSA) is 50.1 Å². The first kappa shape index (κ1) is 15.6. The van der Waals surface area contributed by atoms with Crippen LogP contribution in [-0.4, -0.2) is 12.4 Å². The Balaban J connectivity index is 2.08. The highest BCUT2D eigenvalue weighted by Crippen LogP contribution is 2.33. The highest BCUT2D eigenvalue weighted by molar-refractivity contribution is 5.90. The maximum Gasteiger partial charge on any atom is 0.157 e. The Morgan fingerprint density at radius 2 is 1.90 bits per heavy atom. The van der Waals surface area contributed by atoms with E-state index in [-0.39, 0.29) is 11.7 Å². The lowest BCUT2D eigenvalue weighted by molar-refractivity contribution is -0.124. The predicted octanol–water partition coefficient (Wildman–Crippen LogP) is 4.09. The molecular formula is C18H23NO2. The Morgan fingerprint density at radius 3 is 2.43 bits per heavy atom. The maximum absolute atomic E-state index is 12.6. The Labute approximate surface area is 126 Å². The van der Waals surface area contributed by atoms with E-state index in [4.69, 9.17) is 4.74 Å². The van der Waals surface area contributed by atoms with Gasteiger partial charge in [0.1, 0.15) is 11.7 Å². The van der Waals surface area contributed by atoms with Crippen LogP contribution in [-0.2, 0) is 4.79 Å². The Morgan fingerprint density at radius 1 is 1.29 bits per heavy atom. The van der Waals surface area contributed by atoms with Crippen molar-refractivity contribution in [2.45, 2.75) is 45.4 Å². The van der Waals surface area contributed by atoms with Crippen LogP contribution in [0.2, 0.25) is 0 Å². The van der Waals surface area contributed by atoms with Crippen LogP contribution in [0.1, 0.15) is 51.0 Å². The SMILES string of the molecule is CCOc1ccc(C(C#N)C(=O)C2CCC(C)CC2)cc1. The number of rotatable bonds is 5. The van der Waals surface area contributed by atoms with E-state index < -0.39 is 5.92 Å². The molecule has 0 saturated heterocycles. The van der Waals surface area contributed by atoms with Gasteiger partial charge in [-0.25, -0.2) is 0 Å². The first-order valence-electron chi connectivity index (χ1n) is 7.81. The largest absolute Gasteiger partial charge is 0.494 e. The van der Waals surface area contributed by atoms with Crippen molar-refractivity contribution in [3.63, 3.8) is 0 Å². The fourth-order valence-electron chi connectivity index (χ4n) is 3.01. The van der Waals surface area contributed by atoms with E-state index in [2.05, 4.69) is 13.0 Å². The average Bonchev–Trinajstić information content (AvgIpc) is 2.50. The van der Waals surface area contributed by atoms with Gasteiger partial charge < -0.3 is 4.74 Å². The Bertz CT molecular complexity index is 507. The van der Waals surface area contributed by atoms with Crippen molar-refractivity contribution >= 4 is 5.78 Å². The van der Waals surface area contributed by atoms with Gasteiger partial charge in [0.25, 0.3) is 0 Å². The zero-order chi connectivity index (χ0) is 15.2. The summed E-state index contributed by atoms with van der Waals surface area (Å²) in [5.41, 5.74) is 0.782. The molecule has 1 aliphatic carbocycles. The quantitative estimate of drug-likeness (QED) is 0.818. The van der Waals surface area contributed by atoms with E-state index in [0.717, 1.165) is 37.0 Å². The molecule has 3 heteroatoms. The molecule has 2 rings (SSSR count). The number of hydrogen-bond donors (Lipinski definition) is 0. The van der Waals surface area contributed by atoms with Gasteiger partial charge in [0.15, 0.2) is 5.78 Å². The minimum atomic E-state index is -0.640. The second kappa shape index (κ2) is 7.26. The predicted molar refractivity (Wildman–Crippen MR) is 82.1 cm³/mol. The molecule has 3 nitrogen and oxygen atoms in total. The van der Waals surface area contributed by atoms with Crippen LogP contribution in [0, 0.1) is 23.2 Å². The van der Waals surface area contributed by atoms with Gasteiger partial charge in [-0.3, -0.25) is 4.79 Å². The second-order valence-corrected chi connectivity index (χ2v) is 5.92. The molecule has 0 aromatic heterocycles. The van der Waals surface area contributed by atoms with Crippen LogP contribution >= 0.6 is 0 Å². The van der Waals surface area contributed by atoms with Crippen LogP contribution in [0.15, 0.2) is 24.3 Å². The van der Waals surface area contributed by atoms with Crippen molar-refractivity contribution in [1.29, 1.82) is 5.26 Å². The van der Waals surface area contributed by atoms with Crippen LogP contribution < -0.4 is 4.74 Å². The average molecular weight is 285 g/mol. The molecule has 0 heterocycles. The summed E-state index contributed by atoms with van der Waals surface area (Å²) in [5, 5.41) is 9.40. The van der Waals surface area contributed by atoms with Crippen molar-refractivity contribution in [3.8, 4) is 11.8 Å². The van der Waals surface area contributed by atoms with E-state index in [1.165, 1.54) is 0 Å². The summed E-state index contributed by atoms with van der Waals surface area (Å²) in [7, 11) is 0. The molecular weight excluding hydrogens is 262 g/mol. The molecule has 0 N–H and O–H groups in total. The summed E-state index contributed by atoms with van der Waals surface area (Å²) in [5.74, 6) is 0.988. The van der Waals surface area contributed by atoms with Crippen molar-refractivity contribution in [3.05, 3.63) is 29.8 Å². The number of benzene rings is 1. The number of ketones is 1. The standard InChI is InChI=1S/C18H23NO2/c1-3-21-16-10-8-14(9-11-16)17(12-19)18(20)15-6-4-13(2)5-7-15/h8-11,13,15,17H,3-7H2,1-2H3. The maximum atomic E-state index is 12.6. The van der Waals surface area contributed by atoms with Crippen LogP contribution in [0.3, 0.4) is 0 Å².